The van der Waals surface area contributed by atoms with Crippen LogP contribution in [0.2, 0.25) is 0 Å². The van der Waals surface area contributed by atoms with Gasteiger partial charge in [0.1, 0.15) is 10.7 Å². The summed E-state index contributed by atoms with van der Waals surface area (Å²) in [6.45, 7) is 3.57. The minimum absolute atomic E-state index is 0.163. The Labute approximate surface area is 109 Å². The highest BCUT2D eigenvalue weighted by molar-refractivity contribution is 7.18. The van der Waals surface area contributed by atoms with Crippen LogP contribution in [0, 0.1) is 13.8 Å². The number of rotatable bonds is 2. The molecular weight excluding hydrogens is 281 g/mol. The maximum absolute atomic E-state index is 12.3. The molecule has 0 spiro atoms. The summed E-state index contributed by atoms with van der Waals surface area (Å²) < 4.78 is 36.8. The number of aryl methyl sites for hydroxylation is 2. The summed E-state index contributed by atoms with van der Waals surface area (Å²) in [6, 6.07) is 0. The minimum Gasteiger partial charge on any atom is -0.383 e. The van der Waals surface area contributed by atoms with E-state index in [9.17, 15) is 18.0 Å². The molecule has 0 aromatic carbocycles. The lowest BCUT2D eigenvalue weighted by Crippen LogP contribution is -2.31. The maximum atomic E-state index is 12.3. The van der Waals surface area contributed by atoms with E-state index in [4.69, 9.17) is 5.11 Å². The summed E-state index contributed by atoms with van der Waals surface area (Å²) in [5.41, 5.74) is 0.299. The van der Waals surface area contributed by atoms with E-state index in [-0.39, 0.29) is 5.82 Å². The van der Waals surface area contributed by atoms with Gasteiger partial charge in [-0.25, -0.2) is 4.98 Å². The first-order valence-electron chi connectivity index (χ1n) is 5.44. The fraction of sp³-hybridized carbons (Fsp3) is 0.455. The van der Waals surface area contributed by atoms with Gasteiger partial charge in [0.15, 0.2) is 6.10 Å². The van der Waals surface area contributed by atoms with Gasteiger partial charge in [-0.1, -0.05) is 0 Å². The number of aromatic nitrogens is 2. The molecule has 2 heterocycles. The molecule has 19 heavy (non-hydrogen) atoms. The van der Waals surface area contributed by atoms with Gasteiger partial charge in [-0.15, -0.1) is 11.3 Å². The Bertz CT molecular complexity index is 675. The first kappa shape index (κ1) is 14.0. The standard InChI is InChI=1S/C11H11F3N2O2S/c1-4-5(2)19-10-8(4)9(18)15-7(16-10)3-6(17)11(12,13)14/h6,17H,3H2,1-2H3,(H,15,16,18). The molecule has 0 aliphatic heterocycles. The molecule has 8 heteroatoms. The monoisotopic (exact) mass is 292 g/mol. The zero-order valence-electron chi connectivity index (χ0n) is 10.1. The molecule has 1 unspecified atom stereocenters. The van der Waals surface area contributed by atoms with E-state index in [0.717, 1.165) is 10.4 Å². The van der Waals surface area contributed by atoms with Crippen LogP contribution in [0.3, 0.4) is 0 Å². The Hall–Kier alpha value is -1.41. The summed E-state index contributed by atoms with van der Waals surface area (Å²) in [5.74, 6) is -0.163. The summed E-state index contributed by atoms with van der Waals surface area (Å²) in [4.78, 5) is 19.4. The summed E-state index contributed by atoms with van der Waals surface area (Å²) in [7, 11) is 0. The molecule has 0 saturated carbocycles. The van der Waals surface area contributed by atoms with Gasteiger partial charge in [0.25, 0.3) is 5.56 Å². The molecule has 0 amide bonds. The van der Waals surface area contributed by atoms with Crippen molar-refractivity contribution in [3.05, 3.63) is 26.6 Å². The van der Waals surface area contributed by atoms with Crippen molar-refractivity contribution in [1.29, 1.82) is 0 Å². The van der Waals surface area contributed by atoms with Crippen molar-refractivity contribution in [3.63, 3.8) is 0 Å². The van der Waals surface area contributed by atoms with Gasteiger partial charge >= 0.3 is 6.18 Å². The number of aliphatic hydroxyl groups excluding tert-OH is 1. The Balaban J connectivity index is 2.45. The predicted octanol–water partition coefficient (Wildman–Crippen LogP) is 2.07. The van der Waals surface area contributed by atoms with E-state index in [1.54, 1.807) is 6.92 Å². The quantitative estimate of drug-likeness (QED) is 0.890. The number of halogens is 3. The van der Waals surface area contributed by atoms with Crippen LogP contribution in [0.5, 0.6) is 0 Å². The number of fused-ring (bicyclic) bond motifs is 1. The van der Waals surface area contributed by atoms with E-state index in [1.165, 1.54) is 11.3 Å². The molecule has 104 valence electrons. The van der Waals surface area contributed by atoms with E-state index in [1.807, 2.05) is 6.92 Å². The highest BCUT2D eigenvalue weighted by Gasteiger charge is 2.38. The lowest BCUT2D eigenvalue weighted by atomic mass is 10.2. The van der Waals surface area contributed by atoms with Crippen molar-refractivity contribution in [2.45, 2.75) is 32.5 Å². The molecule has 0 fully saturated rings. The van der Waals surface area contributed by atoms with Crippen molar-refractivity contribution in [2.75, 3.05) is 0 Å². The summed E-state index contributed by atoms with van der Waals surface area (Å²) in [5, 5.41) is 9.37. The van der Waals surface area contributed by atoms with Crippen LogP contribution in [0.15, 0.2) is 4.79 Å². The van der Waals surface area contributed by atoms with Crippen molar-refractivity contribution in [2.24, 2.45) is 0 Å². The van der Waals surface area contributed by atoms with Crippen LogP contribution in [-0.4, -0.2) is 27.4 Å². The second kappa shape index (κ2) is 4.61. The number of nitrogens with one attached hydrogen (secondary N) is 1. The van der Waals surface area contributed by atoms with Gasteiger partial charge in [0, 0.05) is 11.3 Å². The molecule has 1 atom stereocenters. The van der Waals surface area contributed by atoms with E-state index < -0.39 is 24.3 Å². The van der Waals surface area contributed by atoms with Crippen molar-refractivity contribution in [3.8, 4) is 0 Å². The fourth-order valence-electron chi connectivity index (χ4n) is 1.69. The van der Waals surface area contributed by atoms with Crippen LogP contribution in [0.4, 0.5) is 13.2 Å². The molecule has 2 N–H and O–H groups in total. The third-order valence-corrected chi connectivity index (χ3v) is 3.95. The third kappa shape index (κ3) is 2.64. The lowest BCUT2D eigenvalue weighted by molar-refractivity contribution is -0.203. The first-order valence-corrected chi connectivity index (χ1v) is 6.25. The predicted molar refractivity (Wildman–Crippen MR) is 65.5 cm³/mol. The van der Waals surface area contributed by atoms with Crippen molar-refractivity contribution >= 4 is 21.6 Å². The van der Waals surface area contributed by atoms with Crippen LogP contribution in [-0.2, 0) is 6.42 Å². The zero-order valence-corrected chi connectivity index (χ0v) is 10.9. The number of hydrogen-bond donors (Lipinski definition) is 2. The van der Waals surface area contributed by atoms with Crippen LogP contribution in [0.25, 0.3) is 10.2 Å². The zero-order chi connectivity index (χ0) is 14.4. The number of aliphatic hydroxyl groups is 1. The smallest absolute Gasteiger partial charge is 0.383 e. The Kier molecular flexibility index (Phi) is 3.40. The van der Waals surface area contributed by atoms with Crippen LogP contribution < -0.4 is 5.56 Å². The minimum atomic E-state index is -4.73. The Morgan fingerprint density at radius 1 is 1.42 bits per heavy atom. The lowest BCUT2D eigenvalue weighted by Gasteiger charge is -2.13. The van der Waals surface area contributed by atoms with Crippen LogP contribution in [0.1, 0.15) is 16.3 Å². The Morgan fingerprint density at radius 3 is 2.63 bits per heavy atom. The maximum Gasteiger partial charge on any atom is 0.414 e. The van der Waals surface area contributed by atoms with Crippen molar-refractivity contribution < 1.29 is 18.3 Å². The van der Waals surface area contributed by atoms with E-state index >= 15 is 0 Å². The number of alkyl halides is 3. The SMILES string of the molecule is Cc1sc2nc(CC(O)C(F)(F)F)[nH]c(=O)c2c1C. The number of hydrogen-bond acceptors (Lipinski definition) is 4. The average molecular weight is 292 g/mol. The molecular formula is C11H11F3N2O2S. The van der Waals surface area contributed by atoms with Gasteiger partial charge in [-0.05, 0) is 19.4 Å². The molecule has 0 aliphatic rings. The summed E-state index contributed by atoms with van der Waals surface area (Å²) in [6.07, 6.45) is -8.02. The van der Waals surface area contributed by atoms with E-state index in [0.29, 0.717) is 10.2 Å². The van der Waals surface area contributed by atoms with Gasteiger partial charge < -0.3 is 10.1 Å². The highest BCUT2D eigenvalue weighted by Crippen LogP contribution is 2.26. The Morgan fingerprint density at radius 2 is 2.05 bits per heavy atom. The number of nitrogens with zero attached hydrogens (tertiary/aromatic N) is 1. The van der Waals surface area contributed by atoms with Gasteiger partial charge in [-0.3, -0.25) is 4.79 Å². The molecule has 2 rings (SSSR count). The molecule has 2 aromatic rings. The number of thiophene rings is 1. The first-order chi connectivity index (χ1) is 8.70. The molecule has 0 aliphatic carbocycles. The number of H-pyrrole nitrogens is 1. The molecule has 0 bridgehead atoms. The van der Waals surface area contributed by atoms with Gasteiger partial charge in [0.2, 0.25) is 0 Å². The van der Waals surface area contributed by atoms with Gasteiger partial charge in [0.05, 0.1) is 5.39 Å². The fourth-order valence-corrected chi connectivity index (χ4v) is 2.74. The van der Waals surface area contributed by atoms with E-state index in [2.05, 4.69) is 9.97 Å². The molecule has 2 aromatic heterocycles. The number of aromatic amines is 1. The molecule has 0 radical (unpaired) electrons. The second-order valence-electron chi connectivity index (χ2n) is 4.24. The molecule has 4 nitrogen and oxygen atoms in total. The average Bonchev–Trinajstić information content (AvgIpc) is 2.53. The topological polar surface area (TPSA) is 66.0 Å². The third-order valence-electron chi connectivity index (χ3n) is 2.85. The van der Waals surface area contributed by atoms with Crippen LogP contribution >= 0.6 is 11.3 Å². The largest absolute Gasteiger partial charge is 0.414 e. The van der Waals surface area contributed by atoms with Gasteiger partial charge in [-0.2, -0.15) is 13.2 Å². The summed E-state index contributed by atoms with van der Waals surface area (Å²) >= 11 is 1.25. The van der Waals surface area contributed by atoms with Crippen molar-refractivity contribution in [1.82, 2.24) is 9.97 Å². The molecule has 0 saturated heterocycles. The highest BCUT2D eigenvalue weighted by atomic mass is 32.1. The second-order valence-corrected chi connectivity index (χ2v) is 5.44. The normalized spacial score (nSPS) is 14.0.